The number of fused-ring (bicyclic) bond motifs is 1. The van der Waals surface area contributed by atoms with Crippen LogP contribution in [0.2, 0.25) is 0 Å². The second kappa shape index (κ2) is 8.46. The number of aromatic nitrogens is 1. The molecule has 0 spiro atoms. The van der Waals surface area contributed by atoms with Crippen LogP contribution in [0.1, 0.15) is 16.1 Å². The molecule has 3 aromatic rings. The van der Waals surface area contributed by atoms with Gasteiger partial charge >= 0.3 is 0 Å². The van der Waals surface area contributed by atoms with Crippen molar-refractivity contribution in [2.24, 2.45) is 0 Å². The zero-order valence-electron chi connectivity index (χ0n) is 15.0. The maximum absolute atomic E-state index is 11.8. The highest BCUT2D eigenvalue weighted by Gasteiger charge is 2.08. The Morgan fingerprint density at radius 2 is 1.81 bits per heavy atom. The van der Waals surface area contributed by atoms with E-state index >= 15 is 0 Å². The smallest absolute Gasteiger partial charge is 0.276 e. The van der Waals surface area contributed by atoms with Crippen LogP contribution in [-0.2, 0) is 9.59 Å². The number of nitrogens with one attached hydrogen (secondary N) is 2. The van der Waals surface area contributed by atoms with Gasteiger partial charge in [-0.3, -0.25) is 20.4 Å². The second-order valence-electron chi connectivity index (χ2n) is 5.90. The zero-order chi connectivity index (χ0) is 19.2. The molecule has 0 saturated heterocycles. The van der Waals surface area contributed by atoms with E-state index in [4.69, 9.17) is 4.74 Å². The molecule has 0 aliphatic rings. The summed E-state index contributed by atoms with van der Waals surface area (Å²) in [6.45, 7) is 3.64. The highest BCUT2D eigenvalue weighted by molar-refractivity contribution is 7.19. The summed E-state index contributed by atoms with van der Waals surface area (Å²) in [6.07, 6.45) is 2.93. The third-order valence-corrected chi connectivity index (χ3v) is 4.77. The number of amides is 2. The Bertz CT molecular complexity index is 957. The molecule has 0 radical (unpaired) electrons. The van der Waals surface area contributed by atoms with Crippen molar-refractivity contribution in [2.45, 2.75) is 13.8 Å². The topological polar surface area (TPSA) is 80.3 Å². The summed E-state index contributed by atoms with van der Waals surface area (Å²) >= 11 is 1.49. The average Bonchev–Trinajstić information content (AvgIpc) is 3.07. The van der Waals surface area contributed by atoms with Crippen LogP contribution in [0.3, 0.4) is 0 Å². The lowest BCUT2D eigenvalue weighted by atomic mass is 10.1. The molecule has 1 aromatic heterocycles. The number of ether oxygens (including phenoxy) is 1. The van der Waals surface area contributed by atoms with Gasteiger partial charge in [0.2, 0.25) is 0 Å². The van der Waals surface area contributed by atoms with E-state index in [2.05, 4.69) is 15.8 Å². The molecular weight excluding hydrogens is 362 g/mol. The van der Waals surface area contributed by atoms with E-state index in [1.165, 1.54) is 17.4 Å². The second-order valence-corrected chi connectivity index (χ2v) is 6.96. The zero-order valence-corrected chi connectivity index (χ0v) is 15.8. The van der Waals surface area contributed by atoms with Gasteiger partial charge in [-0.05, 0) is 43.2 Å². The largest absolute Gasteiger partial charge is 0.483 e. The summed E-state index contributed by atoms with van der Waals surface area (Å²) in [7, 11) is 0. The number of aryl methyl sites for hydroxylation is 2. The standard InChI is InChI=1S/C20H19N3O3S/c1-13-6-5-7-14(2)20(13)26-12-18(25)23-22-17(24)10-11-19-21-15-8-3-4-9-16(15)27-19/h3-11H,12H2,1-2H3,(H,22,24)(H,23,25)/b11-10+. The molecule has 0 atom stereocenters. The van der Waals surface area contributed by atoms with Crippen molar-refractivity contribution in [3.8, 4) is 5.75 Å². The molecule has 2 aromatic carbocycles. The Morgan fingerprint density at radius 1 is 1.07 bits per heavy atom. The van der Waals surface area contributed by atoms with Gasteiger partial charge in [-0.15, -0.1) is 11.3 Å². The molecule has 138 valence electrons. The number of carbonyl (C=O) groups excluding carboxylic acids is 2. The first-order valence-corrected chi connectivity index (χ1v) is 9.16. The molecule has 0 bridgehead atoms. The van der Waals surface area contributed by atoms with Crippen molar-refractivity contribution in [1.82, 2.24) is 15.8 Å². The van der Waals surface area contributed by atoms with E-state index in [1.807, 2.05) is 56.3 Å². The fraction of sp³-hybridized carbons (Fsp3) is 0.150. The van der Waals surface area contributed by atoms with Crippen LogP contribution >= 0.6 is 11.3 Å². The summed E-state index contributed by atoms with van der Waals surface area (Å²) in [5.74, 6) is -0.219. The maximum Gasteiger partial charge on any atom is 0.276 e. The van der Waals surface area contributed by atoms with Gasteiger partial charge in [-0.2, -0.15) is 0 Å². The monoisotopic (exact) mass is 381 g/mol. The molecule has 0 saturated carbocycles. The first kappa shape index (κ1) is 18.6. The number of thiazole rings is 1. The summed E-state index contributed by atoms with van der Waals surface area (Å²) in [5.41, 5.74) is 7.43. The average molecular weight is 381 g/mol. The van der Waals surface area contributed by atoms with Gasteiger partial charge in [0, 0.05) is 6.08 Å². The van der Waals surface area contributed by atoms with Gasteiger partial charge in [0.1, 0.15) is 10.8 Å². The van der Waals surface area contributed by atoms with Gasteiger partial charge in [0.15, 0.2) is 6.61 Å². The van der Waals surface area contributed by atoms with E-state index < -0.39 is 11.8 Å². The fourth-order valence-electron chi connectivity index (χ4n) is 2.48. The molecule has 27 heavy (non-hydrogen) atoms. The highest BCUT2D eigenvalue weighted by Crippen LogP contribution is 2.23. The lowest BCUT2D eigenvalue weighted by molar-refractivity contribution is -0.128. The molecule has 2 N–H and O–H groups in total. The third-order valence-electron chi connectivity index (χ3n) is 3.77. The highest BCUT2D eigenvalue weighted by atomic mass is 32.1. The SMILES string of the molecule is Cc1cccc(C)c1OCC(=O)NNC(=O)/C=C/c1nc2ccccc2s1. The number of hydrogen-bond donors (Lipinski definition) is 2. The van der Waals surface area contributed by atoms with Crippen molar-refractivity contribution >= 4 is 39.4 Å². The van der Waals surface area contributed by atoms with Crippen molar-refractivity contribution in [2.75, 3.05) is 6.61 Å². The summed E-state index contributed by atoms with van der Waals surface area (Å²) in [4.78, 5) is 28.1. The van der Waals surface area contributed by atoms with E-state index in [0.717, 1.165) is 26.4 Å². The molecule has 0 aliphatic heterocycles. The van der Waals surface area contributed by atoms with Crippen LogP contribution in [0, 0.1) is 13.8 Å². The molecule has 0 aliphatic carbocycles. The Morgan fingerprint density at radius 3 is 2.56 bits per heavy atom. The molecule has 0 fully saturated rings. The Labute approximate surface area is 160 Å². The van der Waals surface area contributed by atoms with E-state index in [9.17, 15) is 9.59 Å². The van der Waals surface area contributed by atoms with Gasteiger partial charge in [0.25, 0.3) is 11.8 Å². The van der Waals surface area contributed by atoms with Crippen LogP contribution in [-0.4, -0.2) is 23.4 Å². The number of hydrogen-bond acceptors (Lipinski definition) is 5. The van der Waals surface area contributed by atoms with Crippen LogP contribution in [0.15, 0.2) is 48.5 Å². The van der Waals surface area contributed by atoms with Gasteiger partial charge in [0.05, 0.1) is 10.2 Å². The molecule has 0 unspecified atom stereocenters. The van der Waals surface area contributed by atoms with Crippen LogP contribution in [0.5, 0.6) is 5.75 Å². The number of rotatable bonds is 5. The van der Waals surface area contributed by atoms with Crippen LogP contribution in [0.4, 0.5) is 0 Å². The van der Waals surface area contributed by atoms with Gasteiger partial charge < -0.3 is 4.74 Å². The van der Waals surface area contributed by atoms with E-state index in [1.54, 1.807) is 6.08 Å². The van der Waals surface area contributed by atoms with Crippen LogP contribution in [0.25, 0.3) is 16.3 Å². The summed E-state index contributed by atoms with van der Waals surface area (Å²) in [5, 5.41) is 0.719. The predicted octanol–water partition coefficient (Wildman–Crippen LogP) is 3.15. The minimum atomic E-state index is -0.449. The van der Waals surface area contributed by atoms with Crippen molar-refractivity contribution in [3.63, 3.8) is 0 Å². The molecular formula is C20H19N3O3S. The number of nitrogens with zero attached hydrogens (tertiary/aromatic N) is 1. The molecule has 3 rings (SSSR count). The minimum absolute atomic E-state index is 0.187. The molecule has 7 heteroatoms. The third kappa shape index (κ3) is 4.92. The first-order chi connectivity index (χ1) is 13.0. The van der Waals surface area contributed by atoms with E-state index in [0.29, 0.717) is 5.75 Å². The van der Waals surface area contributed by atoms with Gasteiger partial charge in [-0.25, -0.2) is 4.98 Å². The number of carbonyl (C=O) groups is 2. The lowest BCUT2D eigenvalue weighted by Crippen LogP contribution is -2.43. The van der Waals surface area contributed by atoms with Crippen molar-refractivity contribution in [3.05, 3.63) is 64.7 Å². The molecule has 1 heterocycles. The Hall–Kier alpha value is -3.19. The number of para-hydroxylation sites is 2. The predicted molar refractivity (Wildman–Crippen MR) is 106 cm³/mol. The summed E-state index contributed by atoms with van der Waals surface area (Å²) < 4.78 is 6.59. The Kier molecular flexibility index (Phi) is 5.83. The fourth-order valence-corrected chi connectivity index (χ4v) is 3.35. The number of hydrazine groups is 1. The van der Waals surface area contributed by atoms with Gasteiger partial charge in [-0.1, -0.05) is 30.3 Å². The number of benzene rings is 2. The summed E-state index contributed by atoms with van der Waals surface area (Å²) in [6, 6.07) is 13.5. The van der Waals surface area contributed by atoms with E-state index in [-0.39, 0.29) is 6.61 Å². The Balaban J connectivity index is 1.47. The molecule has 2 amide bonds. The van der Waals surface area contributed by atoms with Crippen LogP contribution < -0.4 is 15.6 Å². The minimum Gasteiger partial charge on any atom is -0.483 e. The van der Waals surface area contributed by atoms with Crippen molar-refractivity contribution < 1.29 is 14.3 Å². The first-order valence-electron chi connectivity index (χ1n) is 8.34. The normalized spacial score (nSPS) is 10.9. The van der Waals surface area contributed by atoms with Crippen molar-refractivity contribution in [1.29, 1.82) is 0 Å². The molecule has 6 nitrogen and oxygen atoms in total. The lowest BCUT2D eigenvalue weighted by Gasteiger charge is -2.11. The quantitative estimate of drug-likeness (QED) is 0.526. The maximum atomic E-state index is 11.8.